The van der Waals surface area contributed by atoms with Gasteiger partial charge in [0.25, 0.3) is 5.91 Å². The normalized spacial score (nSPS) is 11.2. The van der Waals surface area contributed by atoms with E-state index in [0.29, 0.717) is 12.3 Å². The van der Waals surface area contributed by atoms with E-state index in [1.165, 1.54) is 0 Å². The number of carbonyl (C=O) groups excluding carboxylic acids is 1. The molecule has 0 radical (unpaired) electrons. The number of aromatic nitrogens is 2. The first-order valence-electron chi connectivity index (χ1n) is 9.80. The summed E-state index contributed by atoms with van der Waals surface area (Å²) >= 11 is 9.70. The van der Waals surface area contributed by atoms with Crippen molar-refractivity contribution in [1.29, 1.82) is 0 Å². The summed E-state index contributed by atoms with van der Waals surface area (Å²) in [6.07, 6.45) is 1.88. The number of ether oxygens (including phenoxy) is 1. The summed E-state index contributed by atoms with van der Waals surface area (Å²) in [6, 6.07) is 7.26. The van der Waals surface area contributed by atoms with E-state index in [4.69, 9.17) is 20.8 Å². The molecule has 0 aliphatic rings. The molecule has 30 heavy (non-hydrogen) atoms. The molecule has 3 aromatic rings. The minimum atomic E-state index is -0.301. The number of carbonyl (C=O) groups is 1. The van der Waals surface area contributed by atoms with Gasteiger partial charge in [0.2, 0.25) is 0 Å². The van der Waals surface area contributed by atoms with Crippen molar-refractivity contribution in [3.63, 3.8) is 0 Å². The lowest BCUT2D eigenvalue weighted by molar-refractivity contribution is 0.0918. The number of aryl methyl sites for hydroxylation is 2. The van der Waals surface area contributed by atoms with Crippen LogP contribution in [0.15, 0.2) is 39.4 Å². The van der Waals surface area contributed by atoms with E-state index in [1.807, 2.05) is 32.2 Å². The van der Waals surface area contributed by atoms with Gasteiger partial charge in [-0.3, -0.25) is 9.48 Å². The molecule has 0 aliphatic heterocycles. The Kier molecular flexibility index (Phi) is 7.26. The van der Waals surface area contributed by atoms with Crippen LogP contribution in [0.2, 0.25) is 5.02 Å². The molecular formula is C22H25BrClN3O3. The summed E-state index contributed by atoms with van der Waals surface area (Å²) in [5.41, 5.74) is 2.75. The highest BCUT2D eigenvalue weighted by Crippen LogP contribution is 2.32. The van der Waals surface area contributed by atoms with Crippen LogP contribution < -0.4 is 10.1 Å². The fraction of sp³-hybridized carbons (Fsp3) is 0.364. The Morgan fingerprint density at radius 2 is 2.13 bits per heavy atom. The highest BCUT2D eigenvalue weighted by Gasteiger charge is 2.15. The predicted octanol–water partition coefficient (Wildman–Crippen LogP) is 5.85. The number of amides is 1. The van der Waals surface area contributed by atoms with E-state index in [9.17, 15) is 4.79 Å². The third-order valence-electron chi connectivity index (χ3n) is 4.70. The molecule has 0 saturated carbocycles. The summed E-state index contributed by atoms with van der Waals surface area (Å²) < 4.78 is 14.3. The Morgan fingerprint density at radius 3 is 2.80 bits per heavy atom. The van der Waals surface area contributed by atoms with Crippen LogP contribution in [0.25, 0.3) is 0 Å². The molecule has 1 aromatic carbocycles. The van der Waals surface area contributed by atoms with E-state index in [0.717, 1.165) is 38.6 Å². The number of hydrogen-bond donors (Lipinski definition) is 1. The van der Waals surface area contributed by atoms with Crippen LogP contribution in [0.5, 0.6) is 5.75 Å². The molecule has 1 amide bonds. The second-order valence-corrected chi connectivity index (χ2v) is 8.57. The molecule has 0 bridgehead atoms. The monoisotopic (exact) mass is 493 g/mol. The molecule has 3 rings (SSSR count). The van der Waals surface area contributed by atoms with E-state index < -0.39 is 0 Å². The molecule has 0 atom stereocenters. The Labute approximate surface area is 189 Å². The third-order valence-corrected chi connectivity index (χ3v) is 5.77. The fourth-order valence-electron chi connectivity index (χ4n) is 2.94. The SMILES string of the molecule is CCn1cc(Br)c(CNC(=O)c2ccc(COc3cc(C)c(Cl)cc3C(C)C)o2)n1. The highest BCUT2D eigenvalue weighted by atomic mass is 79.9. The third kappa shape index (κ3) is 5.26. The van der Waals surface area contributed by atoms with Crippen molar-refractivity contribution in [1.82, 2.24) is 15.1 Å². The van der Waals surface area contributed by atoms with Gasteiger partial charge in [-0.05, 0) is 71.1 Å². The Morgan fingerprint density at radius 1 is 1.37 bits per heavy atom. The van der Waals surface area contributed by atoms with Crippen molar-refractivity contribution < 1.29 is 13.9 Å². The zero-order valence-corrected chi connectivity index (χ0v) is 19.8. The van der Waals surface area contributed by atoms with Crippen LogP contribution in [0.1, 0.15) is 59.8 Å². The molecule has 2 aromatic heterocycles. The van der Waals surface area contributed by atoms with Gasteiger partial charge in [-0.15, -0.1) is 0 Å². The van der Waals surface area contributed by atoms with Crippen molar-refractivity contribution in [2.45, 2.75) is 53.3 Å². The lowest BCUT2D eigenvalue weighted by atomic mass is 10.0. The molecule has 160 valence electrons. The summed E-state index contributed by atoms with van der Waals surface area (Å²) in [7, 11) is 0. The van der Waals surface area contributed by atoms with E-state index in [2.05, 4.69) is 40.2 Å². The van der Waals surface area contributed by atoms with Crippen molar-refractivity contribution >= 4 is 33.4 Å². The van der Waals surface area contributed by atoms with Crippen molar-refractivity contribution in [3.05, 3.63) is 68.3 Å². The first kappa shape index (κ1) is 22.4. The van der Waals surface area contributed by atoms with E-state index in [1.54, 1.807) is 16.8 Å². The summed E-state index contributed by atoms with van der Waals surface area (Å²) in [6.45, 7) is 9.41. The van der Waals surface area contributed by atoms with E-state index in [-0.39, 0.29) is 24.2 Å². The van der Waals surface area contributed by atoms with Gasteiger partial charge in [-0.2, -0.15) is 5.10 Å². The summed E-state index contributed by atoms with van der Waals surface area (Å²) in [4.78, 5) is 12.4. The fourth-order valence-corrected chi connectivity index (χ4v) is 3.57. The molecule has 6 nitrogen and oxygen atoms in total. The topological polar surface area (TPSA) is 69.3 Å². The van der Waals surface area contributed by atoms with Gasteiger partial charge in [-0.1, -0.05) is 25.4 Å². The lowest BCUT2D eigenvalue weighted by Gasteiger charge is -2.15. The number of rotatable bonds is 8. The molecule has 8 heteroatoms. The van der Waals surface area contributed by atoms with Gasteiger partial charge in [0, 0.05) is 17.8 Å². The molecule has 0 saturated heterocycles. The number of halogens is 2. The largest absolute Gasteiger partial charge is 0.485 e. The number of nitrogens with one attached hydrogen (secondary N) is 1. The smallest absolute Gasteiger partial charge is 0.287 e. The lowest BCUT2D eigenvalue weighted by Crippen LogP contribution is -2.22. The van der Waals surface area contributed by atoms with Crippen LogP contribution in [-0.2, 0) is 19.7 Å². The van der Waals surface area contributed by atoms with Gasteiger partial charge in [-0.25, -0.2) is 0 Å². The zero-order valence-electron chi connectivity index (χ0n) is 17.5. The number of benzene rings is 1. The van der Waals surface area contributed by atoms with Crippen LogP contribution in [-0.4, -0.2) is 15.7 Å². The van der Waals surface area contributed by atoms with Crippen LogP contribution >= 0.6 is 27.5 Å². The maximum absolute atomic E-state index is 12.4. The summed E-state index contributed by atoms with van der Waals surface area (Å²) in [5.74, 6) is 1.54. The van der Waals surface area contributed by atoms with Crippen LogP contribution in [0.3, 0.4) is 0 Å². The Bertz CT molecular complexity index is 1040. The Balaban J connectivity index is 1.62. The summed E-state index contributed by atoms with van der Waals surface area (Å²) in [5, 5.41) is 7.94. The minimum Gasteiger partial charge on any atom is -0.485 e. The average molecular weight is 495 g/mol. The van der Waals surface area contributed by atoms with Gasteiger partial charge >= 0.3 is 0 Å². The maximum atomic E-state index is 12.4. The predicted molar refractivity (Wildman–Crippen MR) is 120 cm³/mol. The first-order chi connectivity index (χ1) is 14.3. The molecule has 2 heterocycles. The van der Waals surface area contributed by atoms with Crippen molar-refractivity contribution in [2.24, 2.45) is 0 Å². The maximum Gasteiger partial charge on any atom is 0.287 e. The quantitative estimate of drug-likeness (QED) is 0.426. The number of furan rings is 1. The molecule has 0 aliphatic carbocycles. The second kappa shape index (κ2) is 9.71. The van der Waals surface area contributed by atoms with E-state index >= 15 is 0 Å². The van der Waals surface area contributed by atoms with Crippen LogP contribution in [0.4, 0.5) is 0 Å². The molecule has 0 spiro atoms. The molecular weight excluding hydrogens is 470 g/mol. The average Bonchev–Trinajstić information content (AvgIpc) is 3.33. The molecule has 1 N–H and O–H groups in total. The Hall–Kier alpha value is -2.25. The zero-order chi connectivity index (χ0) is 21.8. The number of hydrogen-bond acceptors (Lipinski definition) is 4. The first-order valence-corrected chi connectivity index (χ1v) is 11.0. The standard InChI is InChI=1S/C22H25BrClN3O3/c1-5-27-11-17(23)19(26-27)10-25-22(28)20-7-6-15(30-20)12-29-21-8-14(4)18(24)9-16(21)13(2)3/h6-9,11,13H,5,10,12H2,1-4H3,(H,25,28). The van der Waals surface area contributed by atoms with Gasteiger partial charge in [0.05, 0.1) is 16.7 Å². The van der Waals surface area contributed by atoms with Gasteiger partial charge in [0.1, 0.15) is 18.1 Å². The van der Waals surface area contributed by atoms with Gasteiger partial charge < -0.3 is 14.5 Å². The van der Waals surface area contributed by atoms with Gasteiger partial charge in [0.15, 0.2) is 5.76 Å². The number of nitrogens with zero attached hydrogens (tertiary/aromatic N) is 2. The van der Waals surface area contributed by atoms with Crippen molar-refractivity contribution in [3.8, 4) is 5.75 Å². The van der Waals surface area contributed by atoms with Crippen molar-refractivity contribution in [2.75, 3.05) is 0 Å². The highest BCUT2D eigenvalue weighted by molar-refractivity contribution is 9.10. The minimum absolute atomic E-state index is 0.223. The van der Waals surface area contributed by atoms with Crippen LogP contribution in [0, 0.1) is 6.92 Å². The second-order valence-electron chi connectivity index (χ2n) is 7.31. The molecule has 0 unspecified atom stereocenters. The molecule has 0 fully saturated rings.